The van der Waals surface area contributed by atoms with Gasteiger partial charge in [-0.05, 0) is 36.5 Å². The molecule has 0 unspecified atom stereocenters. The van der Waals surface area contributed by atoms with Crippen molar-refractivity contribution in [3.05, 3.63) is 41.2 Å². The molecule has 0 aliphatic heterocycles. The molecule has 3 rings (SSSR count). The Morgan fingerprint density at radius 3 is 2.78 bits per heavy atom. The van der Waals surface area contributed by atoms with Gasteiger partial charge in [-0.15, -0.1) is 0 Å². The number of nitrogens with zero attached hydrogens (tertiary/aromatic N) is 2. The molecule has 0 radical (unpaired) electrons. The maximum absolute atomic E-state index is 12.8. The smallest absolute Gasteiger partial charge is 0.200 e. The normalized spacial score (nSPS) is 10.7. The van der Waals surface area contributed by atoms with Crippen molar-refractivity contribution in [1.82, 2.24) is 19.9 Å². The first-order chi connectivity index (χ1) is 8.72. The highest BCUT2D eigenvalue weighted by Crippen LogP contribution is 2.20. The number of fused-ring (bicyclic) bond motifs is 1. The molecule has 2 aromatic heterocycles. The van der Waals surface area contributed by atoms with Gasteiger partial charge in [0.1, 0.15) is 17.2 Å². The van der Waals surface area contributed by atoms with Crippen molar-refractivity contribution in [1.29, 1.82) is 0 Å². The van der Waals surface area contributed by atoms with E-state index in [0.717, 1.165) is 5.69 Å². The van der Waals surface area contributed by atoms with Crippen molar-refractivity contribution in [2.75, 3.05) is 5.32 Å². The van der Waals surface area contributed by atoms with Gasteiger partial charge in [-0.3, -0.25) is 0 Å². The SMILES string of the molecule is Fc1ccc(Nc2[nH]c(=S)nc3nc[nH]c23)cc1. The summed E-state index contributed by atoms with van der Waals surface area (Å²) < 4.78 is 13.1. The molecule has 0 saturated carbocycles. The van der Waals surface area contributed by atoms with E-state index in [0.29, 0.717) is 21.8 Å². The van der Waals surface area contributed by atoms with Crippen LogP contribution in [0.25, 0.3) is 11.2 Å². The molecular formula is C11H8FN5S. The van der Waals surface area contributed by atoms with Crippen LogP contribution in [0.4, 0.5) is 15.9 Å². The number of H-pyrrole nitrogens is 2. The highest BCUT2D eigenvalue weighted by atomic mass is 32.1. The van der Waals surface area contributed by atoms with Crippen LogP contribution < -0.4 is 5.32 Å². The average Bonchev–Trinajstić information content (AvgIpc) is 2.80. The quantitative estimate of drug-likeness (QED) is 0.620. The highest BCUT2D eigenvalue weighted by Gasteiger charge is 2.05. The van der Waals surface area contributed by atoms with E-state index in [1.165, 1.54) is 18.5 Å². The van der Waals surface area contributed by atoms with E-state index < -0.39 is 0 Å². The molecule has 0 aliphatic rings. The predicted octanol–water partition coefficient (Wildman–Crippen LogP) is 2.90. The van der Waals surface area contributed by atoms with Gasteiger partial charge < -0.3 is 15.3 Å². The van der Waals surface area contributed by atoms with Crippen LogP contribution in [-0.4, -0.2) is 19.9 Å². The van der Waals surface area contributed by atoms with Crippen LogP contribution in [0.3, 0.4) is 0 Å². The van der Waals surface area contributed by atoms with E-state index in [2.05, 4.69) is 25.3 Å². The molecule has 3 N–H and O–H groups in total. The molecule has 0 atom stereocenters. The first-order valence-electron chi connectivity index (χ1n) is 5.18. The molecule has 90 valence electrons. The summed E-state index contributed by atoms with van der Waals surface area (Å²) in [6, 6.07) is 6.02. The molecule has 0 saturated heterocycles. The molecule has 0 spiro atoms. The summed E-state index contributed by atoms with van der Waals surface area (Å²) >= 11 is 5.01. The maximum Gasteiger partial charge on any atom is 0.200 e. The van der Waals surface area contributed by atoms with Crippen LogP contribution in [0.15, 0.2) is 30.6 Å². The van der Waals surface area contributed by atoms with Crippen LogP contribution in [0.2, 0.25) is 0 Å². The van der Waals surface area contributed by atoms with Gasteiger partial charge in [0.25, 0.3) is 0 Å². The molecule has 5 nitrogen and oxygen atoms in total. The predicted molar refractivity (Wildman–Crippen MR) is 68.8 cm³/mol. The topological polar surface area (TPSA) is 69.4 Å². The number of aromatic amines is 2. The van der Waals surface area contributed by atoms with Gasteiger partial charge in [0.15, 0.2) is 5.65 Å². The molecule has 1 aromatic carbocycles. The summed E-state index contributed by atoms with van der Waals surface area (Å²) in [6.07, 6.45) is 1.54. The summed E-state index contributed by atoms with van der Waals surface area (Å²) in [4.78, 5) is 14.0. The zero-order chi connectivity index (χ0) is 12.5. The Morgan fingerprint density at radius 2 is 2.00 bits per heavy atom. The van der Waals surface area contributed by atoms with Crippen LogP contribution in [0.1, 0.15) is 0 Å². The first kappa shape index (κ1) is 10.8. The lowest BCUT2D eigenvalue weighted by Gasteiger charge is -2.06. The number of halogens is 1. The van der Waals surface area contributed by atoms with E-state index in [4.69, 9.17) is 12.2 Å². The molecule has 3 aromatic rings. The Hall–Kier alpha value is -2.28. The minimum Gasteiger partial charge on any atom is -0.340 e. The second kappa shape index (κ2) is 4.19. The lowest BCUT2D eigenvalue weighted by atomic mass is 10.3. The Kier molecular flexibility index (Phi) is 2.52. The monoisotopic (exact) mass is 261 g/mol. The van der Waals surface area contributed by atoms with Gasteiger partial charge in [0.05, 0.1) is 6.33 Å². The molecule has 0 amide bonds. The third kappa shape index (κ3) is 1.95. The van der Waals surface area contributed by atoms with Gasteiger partial charge in [-0.2, -0.15) is 4.98 Å². The molecule has 7 heteroatoms. The third-order valence-corrected chi connectivity index (χ3v) is 2.62. The fraction of sp³-hybridized carbons (Fsp3) is 0. The van der Waals surface area contributed by atoms with Crippen molar-refractivity contribution >= 4 is 34.9 Å². The van der Waals surface area contributed by atoms with E-state index in [1.54, 1.807) is 12.1 Å². The molecule has 0 aliphatic carbocycles. The second-order valence-corrected chi connectivity index (χ2v) is 4.04. The van der Waals surface area contributed by atoms with Crippen molar-refractivity contribution in [2.45, 2.75) is 0 Å². The highest BCUT2D eigenvalue weighted by molar-refractivity contribution is 7.71. The Morgan fingerprint density at radius 1 is 1.22 bits per heavy atom. The van der Waals surface area contributed by atoms with E-state index in [-0.39, 0.29) is 5.82 Å². The number of benzene rings is 1. The summed E-state index contributed by atoms with van der Waals surface area (Å²) in [5.41, 5.74) is 1.99. The standard InChI is InChI=1S/C11H8FN5S/c12-6-1-3-7(4-2-6)15-10-8-9(14-5-13-8)16-11(18)17-10/h1-5H,(H3,13,14,15,16,17,18). The Balaban J connectivity index is 2.06. The summed E-state index contributed by atoms with van der Waals surface area (Å²) in [5.74, 6) is 0.365. The Labute approximate surface area is 106 Å². The van der Waals surface area contributed by atoms with Crippen LogP contribution in [0.5, 0.6) is 0 Å². The van der Waals surface area contributed by atoms with Gasteiger partial charge in [0.2, 0.25) is 4.77 Å². The lowest BCUT2D eigenvalue weighted by Crippen LogP contribution is -1.97. The number of hydrogen-bond acceptors (Lipinski definition) is 4. The maximum atomic E-state index is 12.8. The van der Waals surface area contributed by atoms with Gasteiger partial charge >= 0.3 is 0 Å². The first-order valence-corrected chi connectivity index (χ1v) is 5.59. The van der Waals surface area contributed by atoms with Gasteiger partial charge in [-0.25, -0.2) is 9.37 Å². The summed E-state index contributed by atoms with van der Waals surface area (Å²) in [7, 11) is 0. The van der Waals surface area contributed by atoms with E-state index >= 15 is 0 Å². The van der Waals surface area contributed by atoms with Gasteiger partial charge in [0, 0.05) is 5.69 Å². The largest absolute Gasteiger partial charge is 0.340 e. The van der Waals surface area contributed by atoms with Crippen LogP contribution >= 0.6 is 12.2 Å². The zero-order valence-corrected chi connectivity index (χ0v) is 9.88. The van der Waals surface area contributed by atoms with Crippen LogP contribution in [0, 0.1) is 10.6 Å². The minimum absolute atomic E-state index is 0.282. The summed E-state index contributed by atoms with van der Waals surface area (Å²) in [5, 5.41) is 3.10. The van der Waals surface area contributed by atoms with Crippen LogP contribution in [-0.2, 0) is 0 Å². The lowest BCUT2D eigenvalue weighted by molar-refractivity contribution is 0.628. The van der Waals surface area contributed by atoms with Crippen molar-refractivity contribution < 1.29 is 4.39 Å². The Bertz CT molecular complexity index is 746. The summed E-state index contributed by atoms with van der Waals surface area (Å²) in [6.45, 7) is 0. The van der Waals surface area contributed by atoms with Crippen molar-refractivity contribution in [2.24, 2.45) is 0 Å². The third-order valence-electron chi connectivity index (χ3n) is 2.42. The van der Waals surface area contributed by atoms with E-state index in [1.807, 2.05) is 0 Å². The van der Waals surface area contributed by atoms with Crippen molar-refractivity contribution in [3.63, 3.8) is 0 Å². The molecule has 18 heavy (non-hydrogen) atoms. The molecular weight excluding hydrogens is 253 g/mol. The number of aromatic nitrogens is 4. The van der Waals surface area contributed by atoms with Crippen molar-refractivity contribution in [3.8, 4) is 0 Å². The molecule has 0 fully saturated rings. The minimum atomic E-state index is -0.282. The second-order valence-electron chi connectivity index (χ2n) is 3.65. The number of nitrogens with one attached hydrogen (secondary N) is 3. The zero-order valence-electron chi connectivity index (χ0n) is 9.07. The number of anilines is 2. The number of hydrogen-bond donors (Lipinski definition) is 3. The molecule has 0 bridgehead atoms. The molecule has 2 heterocycles. The fourth-order valence-corrected chi connectivity index (χ4v) is 1.81. The average molecular weight is 261 g/mol. The number of imidazole rings is 1. The number of rotatable bonds is 2. The fourth-order valence-electron chi connectivity index (χ4n) is 1.62. The van der Waals surface area contributed by atoms with E-state index in [9.17, 15) is 4.39 Å². The van der Waals surface area contributed by atoms with Gasteiger partial charge in [-0.1, -0.05) is 0 Å².